The van der Waals surface area contributed by atoms with E-state index in [0.29, 0.717) is 29.6 Å². The normalized spacial score (nSPS) is 16.0. The van der Waals surface area contributed by atoms with Gasteiger partial charge in [0.05, 0.1) is 11.7 Å². The van der Waals surface area contributed by atoms with Crippen molar-refractivity contribution in [2.75, 3.05) is 16.8 Å². The van der Waals surface area contributed by atoms with E-state index in [1.165, 1.54) is 17.0 Å². The van der Waals surface area contributed by atoms with E-state index in [4.69, 9.17) is 4.98 Å². The summed E-state index contributed by atoms with van der Waals surface area (Å²) in [4.78, 5) is 20.0. The average molecular weight is 435 g/mol. The summed E-state index contributed by atoms with van der Waals surface area (Å²) in [6, 6.07) is 14.3. The molecule has 1 atom stereocenters. The quantitative estimate of drug-likeness (QED) is 0.462. The van der Waals surface area contributed by atoms with Crippen LogP contribution < -0.4 is 10.2 Å². The van der Waals surface area contributed by atoms with Gasteiger partial charge in [-0.2, -0.15) is 0 Å². The van der Waals surface area contributed by atoms with E-state index in [-0.39, 0.29) is 11.9 Å². The largest absolute Gasteiger partial charge is 0.363 e. The van der Waals surface area contributed by atoms with Crippen LogP contribution in [0.1, 0.15) is 40.9 Å². The Hall–Kier alpha value is -3.53. The van der Waals surface area contributed by atoms with Crippen LogP contribution >= 0.6 is 11.3 Å². The Kier molecular flexibility index (Phi) is 5.44. The predicted molar refractivity (Wildman–Crippen MR) is 118 cm³/mol. The summed E-state index contributed by atoms with van der Waals surface area (Å²) in [5, 5.41) is 19.4. The van der Waals surface area contributed by atoms with Crippen molar-refractivity contribution in [3.8, 4) is 0 Å². The summed E-state index contributed by atoms with van der Waals surface area (Å²) in [7, 11) is 0. The van der Waals surface area contributed by atoms with Crippen LogP contribution in [0.4, 0.5) is 10.8 Å². The second kappa shape index (κ2) is 8.68. The fourth-order valence-corrected chi connectivity index (χ4v) is 4.74. The Balaban J connectivity index is 1.26. The van der Waals surface area contributed by atoms with E-state index in [1.54, 1.807) is 6.07 Å². The molecule has 1 aliphatic rings. The second-order valence-electron chi connectivity index (χ2n) is 7.40. The monoisotopic (exact) mass is 434 g/mol. The number of thiazole rings is 1. The van der Waals surface area contributed by atoms with Crippen molar-refractivity contribution in [2.24, 2.45) is 0 Å². The molecule has 0 bridgehead atoms. The lowest BCUT2D eigenvalue weighted by Gasteiger charge is -2.25. The molecule has 0 radical (unpaired) electrons. The lowest BCUT2D eigenvalue weighted by molar-refractivity contribution is 0.101. The molecule has 1 saturated heterocycles. The number of aryl methyl sites for hydroxylation is 2. The number of para-hydroxylation sites is 1. The van der Waals surface area contributed by atoms with Crippen LogP contribution in [-0.4, -0.2) is 42.6 Å². The molecular formula is C21H22N8OS. The third-order valence-electron chi connectivity index (χ3n) is 5.47. The van der Waals surface area contributed by atoms with Crippen molar-refractivity contribution >= 4 is 28.1 Å². The molecule has 0 saturated carbocycles. The van der Waals surface area contributed by atoms with Gasteiger partial charge >= 0.3 is 0 Å². The molecule has 4 aromatic rings. The Morgan fingerprint density at radius 3 is 2.97 bits per heavy atom. The van der Waals surface area contributed by atoms with E-state index < -0.39 is 0 Å². The lowest BCUT2D eigenvalue weighted by atomic mass is 10.1. The van der Waals surface area contributed by atoms with Gasteiger partial charge in [0.15, 0.2) is 5.13 Å². The molecule has 158 valence electrons. The van der Waals surface area contributed by atoms with Gasteiger partial charge in [0, 0.05) is 36.8 Å². The highest BCUT2D eigenvalue weighted by molar-refractivity contribution is 7.14. The summed E-state index contributed by atoms with van der Waals surface area (Å²) in [6.07, 6.45) is 4.68. The molecule has 5 rings (SSSR count). The number of carbonyl (C=O) groups excluding carboxylic acids is 1. The summed E-state index contributed by atoms with van der Waals surface area (Å²) < 4.78 is 1.89. The predicted octanol–water partition coefficient (Wildman–Crippen LogP) is 3.29. The number of benzene rings is 1. The molecule has 4 heterocycles. The SMILES string of the molecule is O=C(Nc1nc(C2CCCN2c2ccccc2)cs1)c1cccn1CCc1nnn[nH]1. The summed E-state index contributed by atoms with van der Waals surface area (Å²) in [5.41, 5.74) is 2.80. The first-order valence-electron chi connectivity index (χ1n) is 10.2. The molecule has 1 amide bonds. The molecule has 10 heteroatoms. The van der Waals surface area contributed by atoms with Crippen LogP contribution in [-0.2, 0) is 13.0 Å². The highest BCUT2D eigenvalue weighted by Gasteiger charge is 2.28. The third kappa shape index (κ3) is 4.19. The zero-order valence-electron chi connectivity index (χ0n) is 16.8. The molecule has 1 fully saturated rings. The summed E-state index contributed by atoms with van der Waals surface area (Å²) in [5.74, 6) is 0.511. The van der Waals surface area contributed by atoms with Gasteiger partial charge in [0.1, 0.15) is 11.5 Å². The van der Waals surface area contributed by atoms with Gasteiger partial charge in [-0.3, -0.25) is 10.1 Å². The van der Waals surface area contributed by atoms with Crippen molar-refractivity contribution < 1.29 is 4.79 Å². The molecule has 31 heavy (non-hydrogen) atoms. The smallest absolute Gasteiger partial charge is 0.274 e. The fourth-order valence-electron chi connectivity index (χ4n) is 3.99. The van der Waals surface area contributed by atoms with Crippen LogP contribution in [0.25, 0.3) is 0 Å². The van der Waals surface area contributed by atoms with Gasteiger partial charge in [-0.25, -0.2) is 10.1 Å². The minimum Gasteiger partial charge on any atom is -0.363 e. The molecule has 1 unspecified atom stereocenters. The number of carbonyl (C=O) groups is 1. The second-order valence-corrected chi connectivity index (χ2v) is 8.26. The van der Waals surface area contributed by atoms with Crippen LogP contribution in [0.5, 0.6) is 0 Å². The van der Waals surface area contributed by atoms with Crippen molar-refractivity contribution in [1.82, 2.24) is 30.2 Å². The summed E-state index contributed by atoms with van der Waals surface area (Å²) in [6.45, 7) is 1.62. The first kappa shape index (κ1) is 19.4. The average Bonchev–Trinajstić information content (AvgIpc) is 3.60. The molecule has 1 aliphatic heterocycles. The van der Waals surface area contributed by atoms with Gasteiger partial charge in [0.25, 0.3) is 5.91 Å². The first-order valence-corrected chi connectivity index (χ1v) is 11.1. The number of hydrogen-bond acceptors (Lipinski definition) is 7. The zero-order chi connectivity index (χ0) is 21.0. The number of tetrazole rings is 1. The Bertz CT molecular complexity index is 1140. The van der Waals surface area contributed by atoms with Gasteiger partial charge in [-0.15, -0.1) is 16.4 Å². The number of aromatic amines is 1. The topological polar surface area (TPSA) is 105 Å². The molecule has 0 spiro atoms. The number of hydrogen-bond donors (Lipinski definition) is 2. The zero-order valence-corrected chi connectivity index (χ0v) is 17.6. The Morgan fingerprint density at radius 2 is 2.13 bits per heavy atom. The minimum atomic E-state index is -0.173. The molecular weight excluding hydrogens is 412 g/mol. The van der Waals surface area contributed by atoms with E-state index in [2.05, 4.69) is 60.5 Å². The number of nitrogens with zero attached hydrogens (tertiary/aromatic N) is 6. The Labute approximate surface area is 183 Å². The minimum absolute atomic E-state index is 0.173. The highest BCUT2D eigenvalue weighted by atomic mass is 32.1. The first-order chi connectivity index (χ1) is 15.3. The van der Waals surface area contributed by atoms with E-state index >= 15 is 0 Å². The maximum Gasteiger partial charge on any atom is 0.274 e. The van der Waals surface area contributed by atoms with Crippen molar-refractivity contribution in [2.45, 2.75) is 31.8 Å². The maximum absolute atomic E-state index is 12.8. The van der Waals surface area contributed by atoms with E-state index in [0.717, 1.165) is 25.1 Å². The van der Waals surface area contributed by atoms with Crippen LogP contribution in [0.3, 0.4) is 0 Å². The van der Waals surface area contributed by atoms with E-state index in [9.17, 15) is 4.79 Å². The number of rotatable bonds is 7. The molecule has 1 aromatic carbocycles. The molecule has 2 N–H and O–H groups in total. The van der Waals surface area contributed by atoms with Gasteiger partial charge < -0.3 is 9.47 Å². The third-order valence-corrected chi connectivity index (χ3v) is 6.24. The van der Waals surface area contributed by atoms with Gasteiger partial charge in [-0.1, -0.05) is 18.2 Å². The molecule has 3 aromatic heterocycles. The van der Waals surface area contributed by atoms with Crippen molar-refractivity contribution in [1.29, 1.82) is 0 Å². The van der Waals surface area contributed by atoms with Crippen molar-refractivity contribution in [3.05, 3.63) is 71.3 Å². The number of H-pyrrole nitrogens is 1. The van der Waals surface area contributed by atoms with E-state index in [1.807, 2.05) is 22.9 Å². The Morgan fingerprint density at radius 1 is 1.23 bits per heavy atom. The van der Waals surface area contributed by atoms with Crippen LogP contribution in [0, 0.1) is 0 Å². The standard InChI is InChI=1S/C21H22N8OS/c30-20(18-9-4-11-28(18)13-10-19-24-26-27-25-19)23-21-22-16(14-31-21)17-8-5-12-29(17)15-6-2-1-3-7-15/h1-4,6-7,9,11,14,17H,5,8,10,12-13H2,(H,22,23,30)(H,24,25,26,27). The maximum atomic E-state index is 12.8. The number of amides is 1. The summed E-state index contributed by atoms with van der Waals surface area (Å²) >= 11 is 1.47. The van der Waals surface area contributed by atoms with Crippen molar-refractivity contribution in [3.63, 3.8) is 0 Å². The number of aromatic nitrogens is 6. The number of anilines is 2. The molecule has 9 nitrogen and oxygen atoms in total. The highest BCUT2D eigenvalue weighted by Crippen LogP contribution is 2.37. The lowest BCUT2D eigenvalue weighted by Crippen LogP contribution is -2.22. The molecule has 0 aliphatic carbocycles. The number of nitrogens with one attached hydrogen (secondary N) is 2. The van der Waals surface area contributed by atoms with Gasteiger partial charge in [0.2, 0.25) is 0 Å². The fraction of sp³-hybridized carbons (Fsp3) is 0.286. The van der Waals surface area contributed by atoms with Gasteiger partial charge in [-0.05, 0) is 47.5 Å². The van der Waals surface area contributed by atoms with Crippen LogP contribution in [0.15, 0.2) is 54.0 Å². The van der Waals surface area contributed by atoms with Crippen LogP contribution in [0.2, 0.25) is 0 Å².